The van der Waals surface area contributed by atoms with E-state index in [1.54, 1.807) is 4.90 Å². The zero-order valence-corrected chi connectivity index (χ0v) is 11.5. The molecule has 110 valence electrons. The van der Waals surface area contributed by atoms with Gasteiger partial charge in [0.25, 0.3) is 0 Å². The van der Waals surface area contributed by atoms with Crippen LogP contribution in [0.15, 0.2) is 0 Å². The summed E-state index contributed by atoms with van der Waals surface area (Å²) < 4.78 is 0. The first-order valence-corrected chi connectivity index (χ1v) is 6.97. The quantitative estimate of drug-likeness (QED) is 0.674. The van der Waals surface area contributed by atoms with Crippen LogP contribution in [0.3, 0.4) is 0 Å². The largest absolute Gasteiger partial charge is 0.480 e. The number of rotatable bonds is 6. The maximum Gasteiger partial charge on any atom is 0.326 e. The predicted molar refractivity (Wildman–Crippen MR) is 70.9 cm³/mol. The number of nitrogens with one attached hydrogen (secondary N) is 1. The van der Waals surface area contributed by atoms with Crippen LogP contribution in [0, 0.1) is 5.92 Å². The molecule has 0 aromatic rings. The molecule has 0 saturated carbocycles. The number of urea groups is 1. The molecule has 6 nitrogen and oxygen atoms in total. The third kappa shape index (κ3) is 5.06. The van der Waals surface area contributed by atoms with E-state index in [-0.39, 0.29) is 12.6 Å². The minimum absolute atomic E-state index is 0.133. The smallest absolute Gasteiger partial charge is 0.326 e. The summed E-state index contributed by atoms with van der Waals surface area (Å²) >= 11 is 0. The van der Waals surface area contributed by atoms with Gasteiger partial charge in [0.2, 0.25) is 0 Å². The Labute approximate surface area is 113 Å². The number of piperidine rings is 1. The molecule has 0 aromatic carbocycles. The maximum atomic E-state index is 12.0. The number of aliphatic hydroxyl groups is 1. The summed E-state index contributed by atoms with van der Waals surface area (Å²) in [5.41, 5.74) is 0. The second-order valence-corrected chi connectivity index (χ2v) is 5.10. The van der Waals surface area contributed by atoms with E-state index in [1.807, 2.05) is 6.92 Å². The number of carbonyl (C=O) groups excluding carboxylic acids is 1. The van der Waals surface area contributed by atoms with Gasteiger partial charge in [-0.15, -0.1) is 0 Å². The molecule has 2 atom stereocenters. The summed E-state index contributed by atoms with van der Waals surface area (Å²) in [4.78, 5) is 24.7. The zero-order chi connectivity index (χ0) is 14.3. The Morgan fingerprint density at radius 3 is 2.79 bits per heavy atom. The third-order valence-corrected chi connectivity index (χ3v) is 3.52. The summed E-state index contributed by atoms with van der Waals surface area (Å²) in [6.45, 7) is 3.28. The van der Waals surface area contributed by atoms with Crippen LogP contribution in [0.1, 0.15) is 39.0 Å². The topological polar surface area (TPSA) is 89.9 Å². The monoisotopic (exact) mass is 272 g/mol. The van der Waals surface area contributed by atoms with Crippen LogP contribution >= 0.6 is 0 Å². The van der Waals surface area contributed by atoms with E-state index in [0.717, 1.165) is 12.8 Å². The summed E-state index contributed by atoms with van der Waals surface area (Å²) in [6.07, 6.45) is 3.77. The van der Waals surface area contributed by atoms with Crippen molar-refractivity contribution in [3.8, 4) is 0 Å². The lowest BCUT2D eigenvalue weighted by Gasteiger charge is -2.33. The molecule has 1 saturated heterocycles. The van der Waals surface area contributed by atoms with Crippen LogP contribution in [0.25, 0.3) is 0 Å². The number of carboxylic acid groups (broad SMARTS) is 1. The number of nitrogens with zero attached hydrogens (tertiary/aromatic N) is 1. The number of carboxylic acids is 1. The Balaban J connectivity index is 2.49. The molecule has 0 aliphatic carbocycles. The fourth-order valence-electron chi connectivity index (χ4n) is 2.45. The molecule has 0 radical (unpaired) electrons. The van der Waals surface area contributed by atoms with Crippen molar-refractivity contribution in [2.75, 3.05) is 19.7 Å². The van der Waals surface area contributed by atoms with Crippen LogP contribution in [0.4, 0.5) is 4.79 Å². The van der Waals surface area contributed by atoms with Gasteiger partial charge in [-0.25, -0.2) is 9.59 Å². The van der Waals surface area contributed by atoms with E-state index in [2.05, 4.69) is 5.32 Å². The fraction of sp³-hybridized carbons (Fsp3) is 0.846. The van der Waals surface area contributed by atoms with Crippen LogP contribution in [0.5, 0.6) is 0 Å². The van der Waals surface area contributed by atoms with Gasteiger partial charge in [0, 0.05) is 19.7 Å². The molecule has 6 heteroatoms. The van der Waals surface area contributed by atoms with Gasteiger partial charge in [0.1, 0.15) is 6.04 Å². The highest BCUT2D eigenvalue weighted by atomic mass is 16.4. The number of likely N-dealkylation sites (tertiary alicyclic amines) is 1. The number of carbonyl (C=O) groups is 2. The van der Waals surface area contributed by atoms with Gasteiger partial charge in [-0.2, -0.15) is 0 Å². The van der Waals surface area contributed by atoms with E-state index in [9.17, 15) is 9.59 Å². The molecule has 0 bridgehead atoms. The van der Waals surface area contributed by atoms with Crippen molar-refractivity contribution in [3.63, 3.8) is 0 Å². The van der Waals surface area contributed by atoms with Crippen molar-refractivity contribution >= 4 is 12.0 Å². The Morgan fingerprint density at radius 1 is 1.47 bits per heavy atom. The molecule has 3 N–H and O–H groups in total. The van der Waals surface area contributed by atoms with Crippen LogP contribution in [-0.4, -0.2) is 52.9 Å². The average Bonchev–Trinajstić information content (AvgIpc) is 2.38. The molecule has 0 aromatic heterocycles. The lowest BCUT2D eigenvalue weighted by atomic mass is 9.95. The van der Waals surface area contributed by atoms with E-state index >= 15 is 0 Å². The highest BCUT2D eigenvalue weighted by Crippen LogP contribution is 2.19. The summed E-state index contributed by atoms with van der Waals surface area (Å²) in [5, 5.41) is 20.5. The van der Waals surface area contributed by atoms with E-state index in [1.165, 1.54) is 0 Å². The number of amides is 2. The fourth-order valence-corrected chi connectivity index (χ4v) is 2.45. The maximum absolute atomic E-state index is 12.0. The van der Waals surface area contributed by atoms with E-state index in [4.69, 9.17) is 10.2 Å². The number of hydrogen-bond acceptors (Lipinski definition) is 3. The molecule has 0 spiro atoms. The lowest BCUT2D eigenvalue weighted by molar-refractivity contribution is -0.139. The molecule has 1 rings (SSSR count). The Kier molecular flexibility index (Phi) is 6.62. The van der Waals surface area contributed by atoms with Crippen molar-refractivity contribution in [1.82, 2.24) is 10.2 Å². The van der Waals surface area contributed by atoms with Gasteiger partial charge < -0.3 is 20.4 Å². The Morgan fingerprint density at radius 2 is 2.21 bits per heavy atom. The number of aliphatic carboxylic acids is 1. The average molecular weight is 272 g/mol. The molecule has 1 fully saturated rings. The second-order valence-electron chi connectivity index (χ2n) is 5.10. The standard InChI is InChI=1S/C13H24N2O4/c1-2-4-11(12(17)18)14-13(19)15-7-3-5-10(9-15)6-8-16/h10-11,16H,2-9H2,1H3,(H,14,19)(H,17,18). The first-order valence-electron chi connectivity index (χ1n) is 6.97. The summed E-state index contributed by atoms with van der Waals surface area (Å²) in [7, 11) is 0. The van der Waals surface area contributed by atoms with Crippen molar-refractivity contribution < 1.29 is 19.8 Å². The van der Waals surface area contributed by atoms with Crippen molar-refractivity contribution in [1.29, 1.82) is 0 Å². The molecule has 1 aliphatic heterocycles. The van der Waals surface area contributed by atoms with Crippen molar-refractivity contribution in [3.05, 3.63) is 0 Å². The molecule has 1 aliphatic rings. The van der Waals surface area contributed by atoms with Gasteiger partial charge in [-0.1, -0.05) is 13.3 Å². The SMILES string of the molecule is CCCC(NC(=O)N1CCCC(CCO)C1)C(=O)O. The first-order chi connectivity index (χ1) is 9.08. The van der Waals surface area contributed by atoms with Crippen molar-refractivity contribution in [2.24, 2.45) is 5.92 Å². The molecule has 2 amide bonds. The highest BCUT2D eigenvalue weighted by Gasteiger charge is 2.26. The van der Waals surface area contributed by atoms with Crippen LogP contribution < -0.4 is 5.32 Å². The number of hydrogen-bond donors (Lipinski definition) is 3. The van der Waals surface area contributed by atoms with Crippen LogP contribution in [0.2, 0.25) is 0 Å². The highest BCUT2D eigenvalue weighted by molar-refractivity contribution is 5.82. The number of aliphatic hydroxyl groups excluding tert-OH is 1. The molecule has 19 heavy (non-hydrogen) atoms. The van der Waals surface area contributed by atoms with Gasteiger partial charge >= 0.3 is 12.0 Å². The normalized spacial score (nSPS) is 20.9. The molecule has 2 unspecified atom stereocenters. The van der Waals surface area contributed by atoms with Crippen molar-refractivity contribution in [2.45, 2.75) is 45.1 Å². The minimum Gasteiger partial charge on any atom is -0.480 e. The Hall–Kier alpha value is -1.30. The van der Waals surface area contributed by atoms with Gasteiger partial charge in [-0.05, 0) is 31.6 Å². The van der Waals surface area contributed by atoms with Gasteiger partial charge in [0.05, 0.1) is 0 Å². The molecular formula is C13H24N2O4. The lowest BCUT2D eigenvalue weighted by Crippen LogP contribution is -2.50. The third-order valence-electron chi connectivity index (χ3n) is 3.52. The van der Waals surface area contributed by atoms with E-state index < -0.39 is 12.0 Å². The van der Waals surface area contributed by atoms with E-state index in [0.29, 0.717) is 38.3 Å². The Bertz CT molecular complexity index is 307. The minimum atomic E-state index is -0.987. The molecular weight excluding hydrogens is 248 g/mol. The molecule has 1 heterocycles. The summed E-state index contributed by atoms with van der Waals surface area (Å²) in [6, 6.07) is -1.11. The van der Waals surface area contributed by atoms with Gasteiger partial charge in [0.15, 0.2) is 0 Å². The van der Waals surface area contributed by atoms with Gasteiger partial charge in [-0.3, -0.25) is 0 Å². The zero-order valence-electron chi connectivity index (χ0n) is 11.5. The summed E-state index contributed by atoms with van der Waals surface area (Å²) in [5.74, 6) is -0.668. The predicted octanol–water partition coefficient (Wildman–Crippen LogP) is 1.04. The second kappa shape index (κ2) is 7.99. The van der Waals surface area contributed by atoms with Crippen LogP contribution in [-0.2, 0) is 4.79 Å². The first kappa shape index (κ1) is 15.8.